The van der Waals surface area contributed by atoms with Gasteiger partial charge >= 0.3 is 0 Å². The first kappa shape index (κ1) is 16.2. The SMILES string of the molecule is COc1cccc(F)c1C(=O)NCCCCCCI. The lowest BCUT2D eigenvalue weighted by atomic mass is 10.1. The molecule has 0 spiro atoms. The van der Waals surface area contributed by atoms with E-state index in [1.54, 1.807) is 6.07 Å². The molecule has 5 heteroatoms. The average Bonchev–Trinajstić information content (AvgIpc) is 2.42. The zero-order valence-electron chi connectivity index (χ0n) is 11.0. The van der Waals surface area contributed by atoms with Crippen molar-refractivity contribution in [2.45, 2.75) is 25.7 Å². The van der Waals surface area contributed by atoms with Crippen LogP contribution in [0.1, 0.15) is 36.0 Å². The molecule has 0 aliphatic rings. The third-order valence-electron chi connectivity index (χ3n) is 2.77. The van der Waals surface area contributed by atoms with Crippen molar-refractivity contribution >= 4 is 28.5 Å². The number of hydrogen-bond acceptors (Lipinski definition) is 2. The number of benzene rings is 1. The minimum absolute atomic E-state index is 0.0164. The number of carbonyl (C=O) groups is 1. The molecule has 1 rings (SSSR count). The summed E-state index contributed by atoms with van der Waals surface area (Å²) in [5.74, 6) is -0.701. The summed E-state index contributed by atoms with van der Waals surface area (Å²) in [4.78, 5) is 11.9. The Labute approximate surface area is 127 Å². The molecule has 0 heterocycles. The molecule has 0 fully saturated rings. The van der Waals surface area contributed by atoms with Crippen LogP contribution in [-0.2, 0) is 0 Å². The van der Waals surface area contributed by atoms with E-state index in [0.717, 1.165) is 17.3 Å². The highest BCUT2D eigenvalue weighted by Gasteiger charge is 2.16. The summed E-state index contributed by atoms with van der Waals surface area (Å²) in [6.45, 7) is 0.567. The molecule has 1 aromatic rings. The maximum atomic E-state index is 13.6. The topological polar surface area (TPSA) is 38.3 Å². The lowest BCUT2D eigenvalue weighted by molar-refractivity contribution is 0.0945. The van der Waals surface area contributed by atoms with Gasteiger partial charge in [-0.3, -0.25) is 4.79 Å². The van der Waals surface area contributed by atoms with Gasteiger partial charge in [-0.05, 0) is 29.4 Å². The van der Waals surface area contributed by atoms with E-state index in [2.05, 4.69) is 27.9 Å². The molecule has 0 saturated carbocycles. The molecule has 1 amide bonds. The van der Waals surface area contributed by atoms with Crippen molar-refractivity contribution < 1.29 is 13.9 Å². The first-order valence-electron chi connectivity index (χ1n) is 6.37. The number of methoxy groups -OCH3 is 1. The van der Waals surface area contributed by atoms with E-state index in [-0.39, 0.29) is 11.3 Å². The van der Waals surface area contributed by atoms with E-state index in [1.165, 1.54) is 32.1 Å². The Hall–Kier alpha value is -0.850. The largest absolute Gasteiger partial charge is 0.496 e. The Bertz CT molecular complexity index is 412. The second-order valence-corrected chi connectivity index (χ2v) is 5.25. The fourth-order valence-corrected chi connectivity index (χ4v) is 2.30. The van der Waals surface area contributed by atoms with Gasteiger partial charge in [0, 0.05) is 6.54 Å². The van der Waals surface area contributed by atoms with Gasteiger partial charge in [-0.1, -0.05) is 41.5 Å². The van der Waals surface area contributed by atoms with Crippen LogP contribution >= 0.6 is 22.6 Å². The first-order chi connectivity index (χ1) is 9.20. The monoisotopic (exact) mass is 379 g/mol. The number of amides is 1. The summed E-state index contributed by atoms with van der Waals surface area (Å²) >= 11 is 2.35. The summed E-state index contributed by atoms with van der Waals surface area (Å²) in [6, 6.07) is 4.37. The van der Waals surface area contributed by atoms with E-state index >= 15 is 0 Å². The summed E-state index contributed by atoms with van der Waals surface area (Å²) in [5.41, 5.74) is -0.0164. The van der Waals surface area contributed by atoms with Crippen LogP contribution in [0, 0.1) is 5.82 Å². The smallest absolute Gasteiger partial charge is 0.258 e. The third kappa shape index (κ3) is 5.34. The van der Waals surface area contributed by atoms with E-state index in [9.17, 15) is 9.18 Å². The van der Waals surface area contributed by atoms with Gasteiger partial charge in [-0.2, -0.15) is 0 Å². The Balaban J connectivity index is 2.45. The van der Waals surface area contributed by atoms with Gasteiger partial charge in [-0.25, -0.2) is 4.39 Å². The summed E-state index contributed by atoms with van der Waals surface area (Å²) in [6.07, 6.45) is 4.37. The second-order valence-electron chi connectivity index (χ2n) is 4.18. The highest BCUT2D eigenvalue weighted by molar-refractivity contribution is 14.1. The highest BCUT2D eigenvalue weighted by atomic mass is 127. The Kier molecular flexibility index (Phi) is 7.78. The molecule has 1 N–H and O–H groups in total. The van der Waals surface area contributed by atoms with Crippen molar-refractivity contribution in [2.75, 3.05) is 18.1 Å². The molecule has 1 aromatic carbocycles. The van der Waals surface area contributed by atoms with Crippen molar-refractivity contribution in [2.24, 2.45) is 0 Å². The van der Waals surface area contributed by atoms with Crippen molar-refractivity contribution in [1.29, 1.82) is 0 Å². The Morgan fingerprint density at radius 3 is 2.74 bits per heavy atom. The van der Waals surface area contributed by atoms with Gasteiger partial charge in [0.25, 0.3) is 5.91 Å². The number of rotatable bonds is 8. The standard InChI is InChI=1S/C14H19FINO2/c1-19-12-8-6-7-11(15)13(12)14(18)17-10-5-3-2-4-9-16/h6-8H,2-5,9-10H2,1H3,(H,17,18). The number of hydrogen-bond donors (Lipinski definition) is 1. The van der Waals surface area contributed by atoms with Gasteiger partial charge in [-0.15, -0.1) is 0 Å². The zero-order chi connectivity index (χ0) is 14.1. The predicted molar refractivity (Wildman–Crippen MR) is 82.6 cm³/mol. The first-order valence-corrected chi connectivity index (χ1v) is 7.90. The zero-order valence-corrected chi connectivity index (χ0v) is 13.2. The Morgan fingerprint density at radius 1 is 1.32 bits per heavy atom. The van der Waals surface area contributed by atoms with Crippen LogP contribution in [0.4, 0.5) is 4.39 Å². The number of halogens is 2. The van der Waals surface area contributed by atoms with E-state index in [1.807, 2.05) is 0 Å². The van der Waals surface area contributed by atoms with Crippen molar-refractivity contribution in [1.82, 2.24) is 5.32 Å². The molecule has 0 aromatic heterocycles. The Morgan fingerprint density at radius 2 is 2.05 bits per heavy atom. The van der Waals surface area contributed by atoms with Crippen LogP contribution < -0.4 is 10.1 Å². The lowest BCUT2D eigenvalue weighted by Gasteiger charge is -2.10. The molecule has 0 aliphatic carbocycles. The van der Waals surface area contributed by atoms with Crippen LogP contribution in [0.2, 0.25) is 0 Å². The molecule has 0 aliphatic heterocycles. The third-order valence-corrected chi connectivity index (χ3v) is 3.53. The molecule has 0 bridgehead atoms. The van der Waals surface area contributed by atoms with E-state index in [0.29, 0.717) is 6.54 Å². The normalized spacial score (nSPS) is 10.3. The molecular formula is C14H19FINO2. The van der Waals surface area contributed by atoms with Gasteiger partial charge < -0.3 is 10.1 Å². The molecular weight excluding hydrogens is 360 g/mol. The maximum Gasteiger partial charge on any atom is 0.258 e. The van der Waals surface area contributed by atoms with E-state index in [4.69, 9.17) is 4.74 Å². The minimum atomic E-state index is -0.554. The summed E-state index contributed by atoms with van der Waals surface area (Å²) < 4.78 is 19.8. The maximum absolute atomic E-state index is 13.6. The highest BCUT2D eigenvalue weighted by Crippen LogP contribution is 2.20. The fourth-order valence-electron chi connectivity index (χ4n) is 1.76. The molecule has 106 valence electrons. The van der Waals surface area contributed by atoms with Gasteiger partial charge in [0.05, 0.1) is 7.11 Å². The molecule has 0 atom stereocenters. The van der Waals surface area contributed by atoms with Crippen molar-refractivity contribution in [3.8, 4) is 5.75 Å². The molecule has 19 heavy (non-hydrogen) atoms. The number of unbranched alkanes of at least 4 members (excludes halogenated alkanes) is 3. The van der Waals surface area contributed by atoms with Crippen molar-refractivity contribution in [3.05, 3.63) is 29.6 Å². The molecule has 0 radical (unpaired) electrons. The van der Waals surface area contributed by atoms with Crippen LogP contribution in [-0.4, -0.2) is 24.0 Å². The van der Waals surface area contributed by atoms with Gasteiger partial charge in [0.2, 0.25) is 0 Å². The van der Waals surface area contributed by atoms with Gasteiger partial charge in [0.15, 0.2) is 0 Å². The van der Waals surface area contributed by atoms with Gasteiger partial charge in [0.1, 0.15) is 17.1 Å². The molecule has 3 nitrogen and oxygen atoms in total. The fraction of sp³-hybridized carbons (Fsp3) is 0.500. The van der Waals surface area contributed by atoms with Crippen molar-refractivity contribution in [3.63, 3.8) is 0 Å². The van der Waals surface area contributed by atoms with Crippen LogP contribution in [0.3, 0.4) is 0 Å². The molecule has 0 unspecified atom stereocenters. The second kappa shape index (κ2) is 9.12. The van der Waals surface area contributed by atoms with Crippen LogP contribution in [0.15, 0.2) is 18.2 Å². The van der Waals surface area contributed by atoms with E-state index < -0.39 is 11.7 Å². The van der Waals surface area contributed by atoms with Crippen LogP contribution in [0.25, 0.3) is 0 Å². The number of carbonyl (C=O) groups excluding carboxylic acids is 1. The van der Waals surface area contributed by atoms with Crippen LogP contribution in [0.5, 0.6) is 5.75 Å². The molecule has 0 saturated heterocycles. The number of ether oxygens (including phenoxy) is 1. The summed E-state index contributed by atoms with van der Waals surface area (Å²) in [7, 11) is 1.43. The average molecular weight is 379 g/mol. The quantitative estimate of drug-likeness (QED) is 0.426. The number of nitrogens with one attached hydrogen (secondary N) is 1. The number of alkyl halides is 1. The predicted octanol–water partition coefficient (Wildman–Crippen LogP) is 3.56. The summed E-state index contributed by atoms with van der Waals surface area (Å²) in [5, 5.41) is 2.73. The lowest BCUT2D eigenvalue weighted by Crippen LogP contribution is -2.26. The minimum Gasteiger partial charge on any atom is -0.496 e.